The third kappa shape index (κ3) is 3.13. The van der Waals surface area contributed by atoms with Crippen molar-refractivity contribution in [1.82, 2.24) is 14.7 Å². The monoisotopic (exact) mass is 375 g/mol. The Morgan fingerprint density at radius 2 is 1.85 bits per heavy atom. The first-order chi connectivity index (χ1) is 12.5. The second kappa shape index (κ2) is 7.02. The zero-order valence-electron chi connectivity index (χ0n) is 15.1. The molecule has 3 heterocycles. The minimum Gasteiger partial charge on any atom is -0.481 e. The first kappa shape index (κ1) is 17.5. The van der Waals surface area contributed by atoms with Gasteiger partial charge >= 0.3 is 5.97 Å². The van der Waals surface area contributed by atoms with Crippen LogP contribution in [0.5, 0.6) is 0 Å². The van der Waals surface area contributed by atoms with Gasteiger partial charge in [0.25, 0.3) is 5.91 Å². The summed E-state index contributed by atoms with van der Waals surface area (Å²) in [6.07, 6.45) is 7.23. The number of rotatable bonds is 3. The number of piperidine rings is 1. The molecule has 4 rings (SSSR count). The molecule has 140 valence electrons. The molecule has 2 fully saturated rings. The van der Waals surface area contributed by atoms with E-state index in [1.807, 2.05) is 13.0 Å². The first-order valence-electron chi connectivity index (χ1n) is 9.55. The van der Waals surface area contributed by atoms with E-state index in [-0.39, 0.29) is 11.8 Å². The maximum Gasteiger partial charge on any atom is 0.306 e. The summed E-state index contributed by atoms with van der Waals surface area (Å²) in [6.45, 7) is 3.07. The lowest BCUT2D eigenvalue weighted by Gasteiger charge is -2.29. The molecule has 0 radical (unpaired) electrons. The Hall–Kier alpha value is -1.89. The van der Waals surface area contributed by atoms with Crippen LogP contribution in [0.3, 0.4) is 0 Å². The van der Waals surface area contributed by atoms with Gasteiger partial charge in [0, 0.05) is 18.5 Å². The maximum absolute atomic E-state index is 12.9. The van der Waals surface area contributed by atoms with Gasteiger partial charge in [-0.3, -0.25) is 14.3 Å². The number of hydrogen-bond donors (Lipinski definition) is 1. The molecule has 2 aliphatic rings. The number of carboxylic acid groups (broad SMARTS) is 1. The highest BCUT2D eigenvalue weighted by molar-refractivity contribution is 7.20. The van der Waals surface area contributed by atoms with Gasteiger partial charge in [0.1, 0.15) is 4.83 Å². The van der Waals surface area contributed by atoms with E-state index < -0.39 is 5.97 Å². The number of thiophene rings is 1. The summed E-state index contributed by atoms with van der Waals surface area (Å²) < 4.78 is 2.15. The molecule has 0 aromatic carbocycles. The van der Waals surface area contributed by atoms with Crippen LogP contribution in [0.1, 0.15) is 66.4 Å². The Bertz CT molecular complexity index is 827. The van der Waals surface area contributed by atoms with Crippen LogP contribution in [0.25, 0.3) is 10.2 Å². The number of carbonyl (C=O) groups excluding carboxylic acids is 1. The molecule has 2 aromatic rings. The van der Waals surface area contributed by atoms with Gasteiger partial charge in [-0.2, -0.15) is 5.10 Å². The van der Waals surface area contributed by atoms with Crippen molar-refractivity contribution in [2.24, 2.45) is 5.92 Å². The molecule has 1 saturated carbocycles. The van der Waals surface area contributed by atoms with E-state index >= 15 is 0 Å². The minimum absolute atomic E-state index is 0.0321. The normalized spacial score (nSPS) is 20.0. The number of carboxylic acids is 1. The molecule has 6 nitrogen and oxygen atoms in total. The fourth-order valence-corrected chi connectivity index (χ4v) is 5.44. The SMILES string of the molecule is Cc1nn(C2CCCCC2)c2sc(C(=O)N3CCC(C(=O)O)CC3)cc12. The average Bonchev–Trinajstić information content (AvgIpc) is 3.23. The molecule has 1 aliphatic heterocycles. The maximum atomic E-state index is 12.9. The molecule has 26 heavy (non-hydrogen) atoms. The van der Waals surface area contributed by atoms with Crippen molar-refractivity contribution in [3.63, 3.8) is 0 Å². The van der Waals surface area contributed by atoms with Gasteiger partial charge in [0.15, 0.2) is 0 Å². The highest BCUT2D eigenvalue weighted by Crippen LogP contribution is 2.36. The summed E-state index contributed by atoms with van der Waals surface area (Å²) in [4.78, 5) is 27.7. The summed E-state index contributed by atoms with van der Waals surface area (Å²) in [7, 11) is 0. The third-order valence-corrected chi connectivity index (χ3v) is 6.94. The predicted molar refractivity (Wildman–Crippen MR) is 101 cm³/mol. The number of aromatic nitrogens is 2. The van der Waals surface area contributed by atoms with Gasteiger partial charge < -0.3 is 10.0 Å². The van der Waals surface area contributed by atoms with Crippen LogP contribution in [0.2, 0.25) is 0 Å². The summed E-state index contributed by atoms with van der Waals surface area (Å²) in [6, 6.07) is 2.43. The van der Waals surface area contributed by atoms with E-state index in [0.29, 0.717) is 32.0 Å². The third-order valence-electron chi connectivity index (χ3n) is 5.83. The minimum atomic E-state index is -0.748. The van der Waals surface area contributed by atoms with Crippen LogP contribution >= 0.6 is 11.3 Å². The van der Waals surface area contributed by atoms with Crippen LogP contribution in [-0.4, -0.2) is 44.8 Å². The molecule has 1 N–H and O–H groups in total. The van der Waals surface area contributed by atoms with Gasteiger partial charge in [-0.1, -0.05) is 19.3 Å². The number of amides is 1. The number of nitrogens with zero attached hydrogens (tertiary/aromatic N) is 3. The van der Waals surface area contributed by atoms with Gasteiger partial charge in [0.05, 0.1) is 22.5 Å². The van der Waals surface area contributed by atoms with Crippen molar-refractivity contribution in [2.75, 3.05) is 13.1 Å². The summed E-state index contributed by atoms with van der Waals surface area (Å²) >= 11 is 1.54. The lowest BCUT2D eigenvalue weighted by Crippen LogP contribution is -2.39. The van der Waals surface area contributed by atoms with E-state index in [2.05, 4.69) is 4.68 Å². The fourth-order valence-electron chi connectivity index (χ4n) is 4.24. The van der Waals surface area contributed by atoms with E-state index in [0.717, 1.165) is 20.8 Å². The highest BCUT2D eigenvalue weighted by atomic mass is 32.1. The Morgan fingerprint density at radius 3 is 2.50 bits per heavy atom. The molecular weight excluding hydrogens is 350 g/mol. The number of likely N-dealkylation sites (tertiary alicyclic amines) is 1. The van der Waals surface area contributed by atoms with Gasteiger partial charge in [-0.05, 0) is 38.7 Å². The van der Waals surface area contributed by atoms with E-state index in [4.69, 9.17) is 10.2 Å². The Balaban J connectivity index is 1.55. The molecule has 0 bridgehead atoms. The quantitative estimate of drug-likeness (QED) is 0.884. The van der Waals surface area contributed by atoms with E-state index in [1.54, 1.807) is 16.2 Å². The van der Waals surface area contributed by atoms with Gasteiger partial charge in [-0.25, -0.2) is 0 Å². The first-order valence-corrected chi connectivity index (χ1v) is 10.4. The van der Waals surface area contributed by atoms with Gasteiger partial charge in [0.2, 0.25) is 0 Å². The molecule has 1 saturated heterocycles. The number of aliphatic carboxylic acids is 1. The van der Waals surface area contributed by atoms with Crippen LogP contribution in [0.4, 0.5) is 0 Å². The lowest BCUT2D eigenvalue weighted by molar-refractivity contribution is -0.143. The van der Waals surface area contributed by atoms with Crippen LogP contribution in [-0.2, 0) is 4.79 Å². The molecule has 2 aromatic heterocycles. The predicted octanol–water partition coefficient (Wildman–Crippen LogP) is 3.85. The summed E-state index contributed by atoms with van der Waals surface area (Å²) in [5.41, 5.74) is 0.991. The van der Waals surface area contributed by atoms with E-state index in [1.165, 1.54) is 32.1 Å². The standard InChI is InChI=1S/C19H25N3O3S/c1-12-15-11-16(17(23)21-9-7-13(8-10-21)19(24)25)26-18(15)22(20-12)14-5-3-2-4-6-14/h11,13-14H,2-10H2,1H3,(H,24,25). The molecule has 0 unspecified atom stereocenters. The van der Waals surface area contributed by atoms with Crippen molar-refractivity contribution in [3.05, 3.63) is 16.6 Å². The van der Waals surface area contributed by atoms with Crippen molar-refractivity contribution in [2.45, 2.75) is 57.9 Å². The summed E-state index contributed by atoms with van der Waals surface area (Å²) in [5.74, 6) is -1.03. The molecule has 1 amide bonds. The smallest absolute Gasteiger partial charge is 0.306 e. The average molecular weight is 375 g/mol. The molecule has 7 heteroatoms. The van der Waals surface area contributed by atoms with Crippen molar-refractivity contribution in [1.29, 1.82) is 0 Å². The summed E-state index contributed by atoms with van der Waals surface area (Å²) in [5, 5.41) is 15.0. The van der Waals surface area contributed by atoms with Crippen molar-refractivity contribution >= 4 is 33.4 Å². The Morgan fingerprint density at radius 1 is 1.15 bits per heavy atom. The van der Waals surface area contributed by atoms with Crippen molar-refractivity contribution < 1.29 is 14.7 Å². The molecular formula is C19H25N3O3S. The molecule has 0 spiro atoms. The highest BCUT2D eigenvalue weighted by Gasteiger charge is 2.29. The number of aryl methyl sites for hydroxylation is 1. The topological polar surface area (TPSA) is 75.4 Å². The number of hydrogen-bond acceptors (Lipinski definition) is 4. The second-order valence-electron chi connectivity index (χ2n) is 7.56. The Kier molecular flexibility index (Phi) is 4.73. The zero-order valence-corrected chi connectivity index (χ0v) is 15.9. The Labute approximate surface area is 156 Å². The second-order valence-corrected chi connectivity index (χ2v) is 8.59. The van der Waals surface area contributed by atoms with Crippen LogP contribution < -0.4 is 0 Å². The van der Waals surface area contributed by atoms with Crippen LogP contribution in [0.15, 0.2) is 6.07 Å². The number of fused-ring (bicyclic) bond motifs is 1. The van der Waals surface area contributed by atoms with Crippen molar-refractivity contribution in [3.8, 4) is 0 Å². The van der Waals surface area contributed by atoms with Gasteiger partial charge in [-0.15, -0.1) is 11.3 Å². The molecule has 0 atom stereocenters. The number of carbonyl (C=O) groups is 2. The van der Waals surface area contributed by atoms with Crippen LogP contribution in [0, 0.1) is 12.8 Å². The largest absolute Gasteiger partial charge is 0.481 e. The zero-order chi connectivity index (χ0) is 18.3. The fraction of sp³-hybridized carbons (Fsp3) is 0.632. The lowest BCUT2D eigenvalue weighted by atomic mass is 9.96. The van der Waals surface area contributed by atoms with E-state index in [9.17, 15) is 9.59 Å². The molecule has 1 aliphatic carbocycles.